The second-order valence-corrected chi connectivity index (χ2v) is 5.09. The zero-order valence-corrected chi connectivity index (χ0v) is 12.1. The Balaban J connectivity index is 2.09. The van der Waals surface area contributed by atoms with Crippen LogP contribution in [0.5, 0.6) is 0 Å². The zero-order valence-electron chi connectivity index (χ0n) is 11.3. The van der Waals surface area contributed by atoms with Gasteiger partial charge >= 0.3 is 0 Å². The van der Waals surface area contributed by atoms with E-state index in [4.69, 9.17) is 11.6 Å². The molecular weight excluding hydrogens is 256 g/mol. The van der Waals surface area contributed by atoms with Gasteiger partial charge in [0, 0.05) is 23.3 Å². The van der Waals surface area contributed by atoms with Crippen LogP contribution in [0.4, 0.5) is 0 Å². The largest absolute Gasteiger partial charge is 0.302 e. The number of hydrogen-bond donors (Lipinski definition) is 1. The minimum Gasteiger partial charge on any atom is -0.302 e. The van der Waals surface area contributed by atoms with Gasteiger partial charge in [0.25, 0.3) is 0 Å². The summed E-state index contributed by atoms with van der Waals surface area (Å²) in [6.45, 7) is 4.32. The molecule has 2 atom stereocenters. The molecule has 2 aromatic rings. The van der Waals surface area contributed by atoms with Gasteiger partial charge in [0.2, 0.25) is 0 Å². The molecule has 1 unspecified atom stereocenters. The van der Waals surface area contributed by atoms with E-state index in [0.717, 1.165) is 17.1 Å². The monoisotopic (exact) mass is 274 g/mol. The molecule has 1 aromatic heterocycles. The Hall–Kier alpha value is -1.38. The smallest absolute Gasteiger partial charge is 0.0570 e. The molecule has 0 saturated heterocycles. The fraction of sp³-hybridized carbons (Fsp3) is 0.312. The summed E-state index contributed by atoms with van der Waals surface area (Å²) in [5.41, 5.74) is 2.32. The van der Waals surface area contributed by atoms with Gasteiger partial charge in [-0.05, 0) is 43.2 Å². The van der Waals surface area contributed by atoms with Crippen molar-refractivity contribution in [3.63, 3.8) is 0 Å². The molecule has 2 nitrogen and oxygen atoms in total. The van der Waals surface area contributed by atoms with Crippen LogP contribution in [0.25, 0.3) is 0 Å². The summed E-state index contributed by atoms with van der Waals surface area (Å²) >= 11 is 5.93. The van der Waals surface area contributed by atoms with Crippen molar-refractivity contribution >= 4 is 11.6 Å². The second-order valence-electron chi connectivity index (χ2n) is 4.66. The van der Waals surface area contributed by atoms with Crippen LogP contribution in [0.15, 0.2) is 48.7 Å². The van der Waals surface area contributed by atoms with E-state index in [9.17, 15) is 0 Å². The summed E-state index contributed by atoms with van der Waals surface area (Å²) in [7, 11) is 0. The fourth-order valence-corrected chi connectivity index (χ4v) is 2.29. The molecule has 0 amide bonds. The molecule has 1 aromatic carbocycles. The summed E-state index contributed by atoms with van der Waals surface area (Å²) in [6.07, 6.45) is 2.86. The van der Waals surface area contributed by atoms with Crippen LogP contribution in [0.1, 0.15) is 43.6 Å². The van der Waals surface area contributed by atoms with Crippen LogP contribution in [0, 0.1) is 0 Å². The number of hydrogen-bond acceptors (Lipinski definition) is 2. The molecular formula is C16H19ClN2. The molecule has 0 aliphatic carbocycles. The first kappa shape index (κ1) is 14.0. The van der Waals surface area contributed by atoms with Crippen molar-refractivity contribution in [3.05, 3.63) is 64.9 Å². The molecule has 3 heteroatoms. The minimum absolute atomic E-state index is 0.224. The minimum atomic E-state index is 0.224. The maximum atomic E-state index is 5.93. The Morgan fingerprint density at radius 2 is 1.89 bits per heavy atom. The van der Waals surface area contributed by atoms with Crippen molar-refractivity contribution in [3.8, 4) is 0 Å². The highest BCUT2D eigenvalue weighted by molar-refractivity contribution is 6.30. The Labute approximate surface area is 119 Å². The molecule has 1 heterocycles. The molecule has 19 heavy (non-hydrogen) atoms. The van der Waals surface area contributed by atoms with Crippen LogP contribution in [0.2, 0.25) is 5.02 Å². The van der Waals surface area contributed by atoms with Crippen LogP contribution in [-0.4, -0.2) is 4.98 Å². The molecule has 100 valence electrons. The lowest BCUT2D eigenvalue weighted by Gasteiger charge is -2.22. The lowest BCUT2D eigenvalue weighted by molar-refractivity contribution is 0.450. The molecule has 0 fully saturated rings. The van der Waals surface area contributed by atoms with E-state index in [1.807, 2.05) is 36.5 Å². The third-order valence-electron chi connectivity index (χ3n) is 3.26. The summed E-state index contributed by atoms with van der Waals surface area (Å²) < 4.78 is 0. The van der Waals surface area contributed by atoms with Gasteiger partial charge in [-0.2, -0.15) is 0 Å². The maximum Gasteiger partial charge on any atom is 0.0570 e. The number of rotatable bonds is 5. The number of nitrogens with zero attached hydrogens (tertiary/aromatic N) is 1. The summed E-state index contributed by atoms with van der Waals surface area (Å²) in [5, 5.41) is 4.39. The molecule has 0 saturated carbocycles. The van der Waals surface area contributed by atoms with Crippen LogP contribution in [-0.2, 0) is 0 Å². The third-order valence-corrected chi connectivity index (χ3v) is 3.52. The first-order valence-electron chi connectivity index (χ1n) is 6.63. The number of halogens is 1. The van der Waals surface area contributed by atoms with E-state index in [0.29, 0.717) is 6.04 Å². The summed E-state index contributed by atoms with van der Waals surface area (Å²) in [4.78, 5) is 4.39. The number of nitrogens with one attached hydrogen (secondary N) is 1. The highest BCUT2D eigenvalue weighted by Gasteiger charge is 2.14. The van der Waals surface area contributed by atoms with E-state index >= 15 is 0 Å². The van der Waals surface area contributed by atoms with E-state index in [2.05, 4.69) is 36.3 Å². The zero-order chi connectivity index (χ0) is 13.7. The van der Waals surface area contributed by atoms with E-state index < -0.39 is 0 Å². The van der Waals surface area contributed by atoms with Gasteiger partial charge in [0.15, 0.2) is 0 Å². The van der Waals surface area contributed by atoms with Gasteiger partial charge < -0.3 is 5.32 Å². The first-order chi connectivity index (χ1) is 9.20. The Morgan fingerprint density at radius 1 is 1.16 bits per heavy atom. The second kappa shape index (κ2) is 6.69. The van der Waals surface area contributed by atoms with Crippen molar-refractivity contribution in [1.29, 1.82) is 0 Å². The SMILES string of the molecule is CCC(N[C@@H](C)c1ccccn1)c1ccc(Cl)cc1. The molecule has 0 spiro atoms. The number of aromatic nitrogens is 1. The fourth-order valence-electron chi connectivity index (χ4n) is 2.16. The standard InChI is InChI=1S/C16H19ClN2/c1-3-15(13-7-9-14(17)10-8-13)19-12(2)16-6-4-5-11-18-16/h4-12,15,19H,3H2,1-2H3/t12-,15?/m0/s1. The molecule has 1 N–H and O–H groups in total. The van der Waals surface area contributed by atoms with E-state index in [-0.39, 0.29) is 6.04 Å². The highest BCUT2D eigenvalue weighted by atomic mass is 35.5. The van der Waals surface area contributed by atoms with Gasteiger partial charge in [-0.3, -0.25) is 4.98 Å². The van der Waals surface area contributed by atoms with Crippen molar-refractivity contribution in [2.24, 2.45) is 0 Å². The quantitative estimate of drug-likeness (QED) is 0.866. The maximum absolute atomic E-state index is 5.93. The van der Waals surface area contributed by atoms with Gasteiger partial charge in [0.05, 0.1) is 5.69 Å². The first-order valence-corrected chi connectivity index (χ1v) is 7.01. The van der Waals surface area contributed by atoms with E-state index in [1.165, 1.54) is 5.56 Å². The van der Waals surface area contributed by atoms with E-state index in [1.54, 1.807) is 0 Å². The van der Waals surface area contributed by atoms with Crippen molar-refractivity contribution < 1.29 is 0 Å². The number of benzene rings is 1. The third kappa shape index (κ3) is 3.79. The van der Waals surface area contributed by atoms with Crippen molar-refractivity contribution in [2.75, 3.05) is 0 Å². The highest BCUT2D eigenvalue weighted by Crippen LogP contribution is 2.22. The summed E-state index contributed by atoms with van der Waals surface area (Å²) in [6, 6.07) is 14.6. The normalized spacial score (nSPS) is 14.1. The topological polar surface area (TPSA) is 24.9 Å². The van der Waals surface area contributed by atoms with Crippen LogP contribution < -0.4 is 5.32 Å². The average molecular weight is 275 g/mol. The lowest BCUT2D eigenvalue weighted by Crippen LogP contribution is -2.24. The molecule has 0 bridgehead atoms. The van der Waals surface area contributed by atoms with Crippen molar-refractivity contribution in [2.45, 2.75) is 32.4 Å². The van der Waals surface area contributed by atoms with Gasteiger partial charge in [-0.25, -0.2) is 0 Å². The van der Waals surface area contributed by atoms with Crippen LogP contribution in [0.3, 0.4) is 0 Å². The molecule has 2 rings (SSSR count). The predicted octanol–water partition coefficient (Wildman–Crippen LogP) is 4.54. The Bertz CT molecular complexity index is 496. The summed E-state index contributed by atoms with van der Waals surface area (Å²) in [5.74, 6) is 0. The predicted molar refractivity (Wildman–Crippen MR) is 80.3 cm³/mol. The Morgan fingerprint density at radius 3 is 2.47 bits per heavy atom. The Kier molecular flexibility index (Phi) is 4.94. The lowest BCUT2D eigenvalue weighted by atomic mass is 10.0. The van der Waals surface area contributed by atoms with Gasteiger partial charge in [0.1, 0.15) is 0 Å². The molecule has 0 aliphatic heterocycles. The molecule has 0 radical (unpaired) electrons. The number of pyridine rings is 1. The average Bonchev–Trinajstić information content (AvgIpc) is 2.46. The van der Waals surface area contributed by atoms with Gasteiger partial charge in [-0.15, -0.1) is 0 Å². The van der Waals surface area contributed by atoms with Gasteiger partial charge in [-0.1, -0.05) is 36.7 Å². The van der Waals surface area contributed by atoms with Crippen molar-refractivity contribution in [1.82, 2.24) is 10.3 Å². The molecule has 0 aliphatic rings. The van der Waals surface area contributed by atoms with Crippen LogP contribution >= 0.6 is 11.6 Å².